The quantitative estimate of drug-likeness (QED) is 0.463. The SMILES string of the molecule is CN(C)c1nc(Cl)c(F)c2nc(S(C)(=O)=O)nc(N3CC4CN(C(=O)OC(C)(C)C)C4C3)c12. The highest BCUT2D eigenvalue weighted by atomic mass is 35.5. The van der Waals surface area contributed by atoms with E-state index in [9.17, 15) is 17.6 Å². The number of amides is 1. The zero-order valence-electron chi connectivity index (χ0n) is 19.3. The van der Waals surface area contributed by atoms with Crippen molar-refractivity contribution < 1.29 is 22.3 Å². The highest BCUT2D eigenvalue weighted by Crippen LogP contribution is 2.41. The fraction of sp³-hybridized carbons (Fsp3) is 0.600. The minimum absolute atomic E-state index is 0.125. The number of carbonyl (C=O) groups is 1. The monoisotopic (exact) mass is 500 g/mol. The van der Waals surface area contributed by atoms with E-state index in [0.717, 1.165) is 6.26 Å². The van der Waals surface area contributed by atoms with Crippen molar-refractivity contribution in [2.45, 2.75) is 37.6 Å². The van der Waals surface area contributed by atoms with Crippen LogP contribution < -0.4 is 9.80 Å². The summed E-state index contributed by atoms with van der Waals surface area (Å²) in [5, 5.41) is -0.647. The number of hydrogen-bond donors (Lipinski definition) is 0. The second kappa shape index (κ2) is 7.79. The molecule has 2 aromatic heterocycles. The molecule has 0 bridgehead atoms. The van der Waals surface area contributed by atoms with Crippen LogP contribution in [0, 0.1) is 11.7 Å². The van der Waals surface area contributed by atoms with E-state index in [2.05, 4.69) is 15.0 Å². The summed E-state index contributed by atoms with van der Waals surface area (Å²) in [7, 11) is -0.421. The van der Waals surface area contributed by atoms with E-state index >= 15 is 0 Å². The first kappa shape index (κ1) is 23.7. The van der Waals surface area contributed by atoms with Gasteiger partial charge in [-0.3, -0.25) is 0 Å². The molecule has 10 nitrogen and oxygen atoms in total. The van der Waals surface area contributed by atoms with Gasteiger partial charge in [-0.25, -0.2) is 32.6 Å². The number of hydrogen-bond acceptors (Lipinski definition) is 9. The van der Waals surface area contributed by atoms with E-state index in [1.807, 2.05) is 4.90 Å². The average Bonchev–Trinajstić information content (AvgIpc) is 2.98. The summed E-state index contributed by atoms with van der Waals surface area (Å²) in [4.78, 5) is 30.1. The number of aromatic nitrogens is 3. The minimum Gasteiger partial charge on any atom is -0.444 e. The molecule has 4 rings (SSSR count). The summed E-state index contributed by atoms with van der Waals surface area (Å²) in [5.74, 6) is -0.207. The highest BCUT2D eigenvalue weighted by molar-refractivity contribution is 7.90. The van der Waals surface area contributed by atoms with Crippen LogP contribution in [0.4, 0.5) is 20.8 Å². The molecule has 4 heterocycles. The summed E-state index contributed by atoms with van der Waals surface area (Å²) < 4.78 is 45.0. The van der Waals surface area contributed by atoms with Crippen molar-refractivity contribution in [3.63, 3.8) is 0 Å². The lowest BCUT2D eigenvalue weighted by Crippen LogP contribution is -2.59. The molecule has 0 N–H and O–H groups in total. The van der Waals surface area contributed by atoms with Gasteiger partial charge in [0, 0.05) is 45.9 Å². The standard InChI is InChI=1S/C20H26ClFN6O4S/c1-20(2,3)32-19(29)28-8-10-7-27(9-11(10)28)17-12-14(23-18(25-17)33(6,30)31)13(22)15(21)24-16(12)26(4)5/h10-11H,7-9H2,1-6H3. The van der Waals surface area contributed by atoms with Crippen LogP contribution in [0.25, 0.3) is 10.9 Å². The molecule has 2 aliphatic rings. The van der Waals surface area contributed by atoms with Crippen LogP contribution in [0.5, 0.6) is 0 Å². The van der Waals surface area contributed by atoms with Gasteiger partial charge in [-0.1, -0.05) is 11.6 Å². The van der Waals surface area contributed by atoms with Gasteiger partial charge in [-0.15, -0.1) is 0 Å². The summed E-state index contributed by atoms with van der Waals surface area (Å²) >= 11 is 5.98. The van der Waals surface area contributed by atoms with Gasteiger partial charge in [0.05, 0.1) is 11.4 Å². The number of ether oxygens (including phenoxy) is 1. The van der Waals surface area contributed by atoms with Gasteiger partial charge in [-0.2, -0.15) is 0 Å². The van der Waals surface area contributed by atoms with Gasteiger partial charge >= 0.3 is 6.09 Å². The van der Waals surface area contributed by atoms with Gasteiger partial charge in [0.2, 0.25) is 15.0 Å². The second-order valence-electron chi connectivity index (χ2n) is 9.63. The largest absolute Gasteiger partial charge is 0.444 e. The van der Waals surface area contributed by atoms with E-state index < -0.39 is 37.7 Å². The van der Waals surface area contributed by atoms with Crippen molar-refractivity contribution in [1.82, 2.24) is 19.9 Å². The zero-order chi connectivity index (χ0) is 24.5. The topological polar surface area (TPSA) is 109 Å². The number of likely N-dealkylation sites (tertiary alicyclic amines) is 1. The summed E-state index contributed by atoms with van der Waals surface area (Å²) in [6, 6.07) is -0.125. The Kier molecular flexibility index (Phi) is 5.59. The first-order chi connectivity index (χ1) is 15.2. The van der Waals surface area contributed by atoms with Crippen LogP contribution >= 0.6 is 11.6 Å². The molecule has 2 aliphatic heterocycles. The number of halogens is 2. The molecule has 2 fully saturated rings. The fourth-order valence-electron chi connectivity index (χ4n) is 4.15. The van der Waals surface area contributed by atoms with Crippen LogP contribution in [0.15, 0.2) is 5.16 Å². The molecule has 2 saturated heterocycles. The van der Waals surface area contributed by atoms with Crippen molar-refractivity contribution in [3.05, 3.63) is 11.0 Å². The first-order valence-electron chi connectivity index (χ1n) is 10.4. The average molecular weight is 501 g/mol. The number of carbonyl (C=O) groups excluding carboxylic acids is 1. The Balaban J connectivity index is 1.80. The number of sulfone groups is 1. The number of fused-ring (bicyclic) bond motifs is 2. The summed E-state index contributed by atoms with van der Waals surface area (Å²) in [6.07, 6.45) is 0.562. The third kappa shape index (κ3) is 4.25. The molecule has 0 aliphatic carbocycles. The Morgan fingerprint density at radius 1 is 1.18 bits per heavy atom. The van der Waals surface area contributed by atoms with E-state index in [-0.39, 0.29) is 28.7 Å². The lowest BCUT2D eigenvalue weighted by atomic mass is 9.93. The third-order valence-corrected chi connectivity index (χ3v) is 6.70. The molecule has 0 saturated carbocycles. The maximum atomic E-state index is 15.0. The molecule has 2 unspecified atom stereocenters. The predicted molar refractivity (Wildman–Crippen MR) is 122 cm³/mol. The van der Waals surface area contributed by atoms with Gasteiger partial charge < -0.3 is 19.4 Å². The summed E-state index contributed by atoms with van der Waals surface area (Å²) in [5.41, 5.74) is -0.830. The maximum Gasteiger partial charge on any atom is 0.410 e. The van der Waals surface area contributed by atoms with Crippen LogP contribution in [0.1, 0.15) is 20.8 Å². The normalized spacial score (nSPS) is 20.6. The number of pyridine rings is 1. The molecular weight excluding hydrogens is 475 g/mol. The van der Waals surface area contributed by atoms with Gasteiger partial charge in [0.15, 0.2) is 11.0 Å². The van der Waals surface area contributed by atoms with Gasteiger partial charge in [-0.05, 0) is 20.8 Å². The molecule has 0 aromatic carbocycles. The molecule has 2 aromatic rings. The van der Waals surface area contributed by atoms with Crippen molar-refractivity contribution in [2.75, 3.05) is 49.8 Å². The van der Waals surface area contributed by atoms with Gasteiger partial charge in [0.25, 0.3) is 0 Å². The van der Waals surface area contributed by atoms with Crippen LogP contribution in [0.2, 0.25) is 5.15 Å². The minimum atomic E-state index is -3.84. The van der Waals surface area contributed by atoms with E-state index in [0.29, 0.717) is 25.5 Å². The lowest BCUT2D eigenvalue weighted by molar-refractivity contribution is -0.0163. The Bertz CT molecular complexity index is 1250. The maximum absolute atomic E-state index is 15.0. The van der Waals surface area contributed by atoms with Crippen LogP contribution in [-0.2, 0) is 14.6 Å². The molecule has 2 atom stereocenters. The molecule has 33 heavy (non-hydrogen) atoms. The molecule has 0 radical (unpaired) electrons. The predicted octanol–water partition coefficient (Wildman–Crippen LogP) is 2.34. The van der Waals surface area contributed by atoms with Crippen molar-refractivity contribution >= 4 is 50.1 Å². The lowest BCUT2D eigenvalue weighted by Gasteiger charge is -2.43. The van der Waals surface area contributed by atoms with Crippen molar-refractivity contribution in [2.24, 2.45) is 5.92 Å². The molecule has 180 valence electrons. The molecule has 0 spiro atoms. The zero-order valence-corrected chi connectivity index (χ0v) is 20.8. The number of nitrogens with zero attached hydrogens (tertiary/aromatic N) is 6. The molecular formula is C20H26ClFN6O4S. The van der Waals surface area contributed by atoms with Crippen LogP contribution in [0.3, 0.4) is 0 Å². The molecule has 13 heteroatoms. The highest BCUT2D eigenvalue weighted by Gasteiger charge is 2.50. The van der Waals surface area contributed by atoms with Crippen LogP contribution in [-0.4, -0.2) is 86.0 Å². The smallest absolute Gasteiger partial charge is 0.410 e. The third-order valence-electron chi connectivity index (χ3n) is 5.61. The number of rotatable bonds is 3. The van der Waals surface area contributed by atoms with Gasteiger partial charge in [0.1, 0.15) is 22.8 Å². The Morgan fingerprint density at radius 3 is 2.42 bits per heavy atom. The fourth-order valence-corrected chi connectivity index (χ4v) is 4.83. The van der Waals surface area contributed by atoms with E-state index in [1.165, 1.54) is 0 Å². The second-order valence-corrected chi connectivity index (χ2v) is 11.9. The Morgan fingerprint density at radius 2 is 1.85 bits per heavy atom. The number of anilines is 2. The Hall–Kier alpha value is -2.47. The van der Waals surface area contributed by atoms with Crippen molar-refractivity contribution in [1.29, 1.82) is 0 Å². The molecule has 1 amide bonds. The van der Waals surface area contributed by atoms with E-state index in [1.54, 1.807) is 44.7 Å². The Labute approximate surface area is 196 Å². The first-order valence-corrected chi connectivity index (χ1v) is 12.6. The van der Waals surface area contributed by atoms with Crippen molar-refractivity contribution in [3.8, 4) is 0 Å². The summed E-state index contributed by atoms with van der Waals surface area (Å²) in [6.45, 7) is 6.82. The van der Waals surface area contributed by atoms with E-state index in [4.69, 9.17) is 16.3 Å².